The van der Waals surface area contributed by atoms with Crippen molar-refractivity contribution in [3.8, 4) is 0 Å². The van der Waals surface area contributed by atoms with Gasteiger partial charge in [-0.15, -0.1) is 11.3 Å². The first-order valence-electron chi connectivity index (χ1n) is 5.97. The van der Waals surface area contributed by atoms with Crippen LogP contribution in [0.4, 0.5) is 0 Å². The fraction of sp³-hybridized carbons (Fsp3) is 0.667. The summed E-state index contributed by atoms with van der Waals surface area (Å²) in [5.41, 5.74) is 0.510. The van der Waals surface area contributed by atoms with Crippen LogP contribution < -0.4 is 0 Å². The van der Waals surface area contributed by atoms with Crippen molar-refractivity contribution in [2.75, 3.05) is 7.11 Å². The summed E-state index contributed by atoms with van der Waals surface area (Å²) in [6.07, 6.45) is 7.45. The molecule has 1 saturated carbocycles. The van der Waals surface area contributed by atoms with Gasteiger partial charge in [0.25, 0.3) is 0 Å². The summed E-state index contributed by atoms with van der Waals surface area (Å²) < 4.78 is 5.57. The number of halogens is 1. The van der Waals surface area contributed by atoms with Gasteiger partial charge in [0.1, 0.15) is 0 Å². The Kier molecular flexibility index (Phi) is 4.56. The lowest BCUT2D eigenvalue weighted by molar-refractivity contribution is 0.0593. The fourth-order valence-corrected chi connectivity index (χ4v) is 4.01. The molecule has 5 heteroatoms. The molecule has 1 aliphatic carbocycles. The van der Waals surface area contributed by atoms with E-state index in [1.807, 2.05) is 0 Å². The van der Waals surface area contributed by atoms with E-state index < -0.39 is 0 Å². The molecule has 1 fully saturated rings. The molecule has 2 rings (SSSR count). The second-order valence-corrected chi connectivity index (χ2v) is 6.67. The summed E-state index contributed by atoms with van der Waals surface area (Å²) in [5, 5.41) is 0. The van der Waals surface area contributed by atoms with E-state index in [4.69, 9.17) is 4.74 Å². The van der Waals surface area contributed by atoms with Gasteiger partial charge in [-0.2, -0.15) is 0 Å². The molecule has 3 nitrogen and oxygen atoms in total. The average Bonchev–Trinajstić information content (AvgIpc) is 2.56. The zero-order valence-corrected chi connectivity index (χ0v) is 12.3. The highest BCUT2D eigenvalue weighted by Crippen LogP contribution is 2.38. The fourth-order valence-electron chi connectivity index (χ4n) is 2.37. The molecule has 0 aliphatic heterocycles. The van der Waals surface area contributed by atoms with Crippen LogP contribution in [0.15, 0.2) is 3.92 Å². The van der Waals surface area contributed by atoms with Crippen LogP contribution in [0.2, 0.25) is 0 Å². The van der Waals surface area contributed by atoms with E-state index >= 15 is 0 Å². The summed E-state index contributed by atoms with van der Waals surface area (Å²) in [7, 11) is 1.41. The highest BCUT2D eigenvalue weighted by Gasteiger charge is 2.25. The van der Waals surface area contributed by atoms with Crippen LogP contribution in [-0.4, -0.2) is 18.1 Å². The summed E-state index contributed by atoms with van der Waals surface area (Å²) in [6.45, 7) is 0. The zero-order valence-electron chi connectivity index (χ0n) is 9.87. The van der Waals surface area contributed by atoms with Gasteiger partial charge in [0, 0.05) is 4.88 Å². The van der Waals surface area contributed by atoms with Gasteiger partial charge in [-0.1, -0.05) is 25.7 Å². The lowest BCUT2D eigenvalue weighted by Gasteiger charge is -2.12. The first-order chi connectivity index (χ1) is 8.22. The van der Waals surface area contributed by atoms with Crippen molar-refractivity contribution in [3.63, 3.8) is 0 Å². The van der Waals surface area contributed by atoms with E-state index in [0.29, 0.717) is 11.6 Å². The number of hydrogen-bond acceptors (Lipinski definition) is 4. The average molecular weight is 318 g/mol. The summed E-state index contributed by atoms with van der Waals surface area (Å²) in [4.78, 5) is 17.0. The number of thiazole rings is 1. The summed E-state index contributed by atoms with van der Waals surface area (Å²) in [5.74, 6) is 0.168. The normalized spacial score (nSPS) is 17.8. The second kappa shape index (κ2) is 5.96. The minimum atomic E-state index is -0.314. The maximum Gasteiger partial charge on any atom is 0.357 e. The lowest BCUT2D eigenvalue weighted by atomic mass is 9.97. The number of ether oxygens (including phenoxy) is 1. The van der Waals surface area contributed by atoms with Gasteiger partial charge >= 0.3 is 5.97 Å². The Bertz CT molecular complexity index is 397. The van der Waals surface area contributed by atoms with E-state index in [-0.39, 0.29) is 5.97 Å². The van der Waals surface area contributed by atoms with E-state index in [2.05, 4.69) is 20.9 Å². The number of esters is 1. The number of aromatic nitrogens is 1. The molecular formula is C12H16BrNO2S. The molecule has 0 spiro atoms. The first-order valence-corrected chi connectivity index (χ1v) is 7.58. The van der Waals surface area contributed by atoms with Crippen molar-refractivity contribution in [1.29, 1.82) is 0 Å². The standard InChI is InChI=1S/C12H16BrNO2S/c1-16-11(15)9-10(17-12(13)14-9)8-6-4-2-3-5-7-8/h8H,2-7H2,1H3. The third-order valence-corrected chi connectivity index (χ3v) is 4.90. The molecule has 0 aromatic carbocycles. The quantitative estimate of drug-likeness (QED) is 0.608. The molecule has 0 radical (unpaired) electrons. The lowest BCUT2D eigenvalue weighted by Crippen LogP contribution is -2.07. The summed E-state index contributed by atoms with van der Waals surface area (Å²) >= 11 is 4.94. The Morgan fingerprint density at radius 3 is 2.59 bits per heavy atom. The SMILES string of the molecule is COC(=O)c1nc(Br)sc1C1CCCCCC1. The topological polar surface area (TPSA) is 39.2 Å². The van der Waals surface area contributed by atoms with E-state index in [0.717, 1.165) is 8.79 Å². The Morgan fingerprint density at radius 1 is 1.35 bits per heavy atom. The monoisotopic (exact) mass is 317 g/mol. The molecule has 1 heterocycles. The molecule has 0 amide bonds. The third-order valence-electron chi connectivity index (χ3n) is 3.23. The Hall–Kier alpha value is -0.420. The molecule has 17 heavy (non-hydrogen) atoms. The molecule has 1 aromatic rings. The molecule has 0 saturated heterocycles. The second-order valence-electron chi connectivity index (χ2n) is 4.36. The van der Waals surface area contributed by atoms with Gasteiger partial charge in [-0.05, 0) is 34.7 Å². The molecule has 0 N–H and O–H groups in total. The van der Waals surface area contributed by atoms with Gasteiger partial charge in [-0.3, -0.25) is 0 Å². The number of hydrogen-bond donors (Lipinski definition) is 0. The van der Waals surface area contributed by atoms with E-state index in [9.17, 15) is 4.79 Å². The van der Waals surface area contributed by atoms with Crippen LogP contribution >= 0.6 is 27.3 Å². The first kappa shape index (κ1) is 13.0. The smallest absolute Gasteiger partial charge is 0.357 e. The number of methoxy groups -OCH3 is 1. The molecule has 1 aliphatic rings. The minimum absolute atomic E-state index is 0.314. The molecular weight excluding hydrogens is 302 g/mol. The molecule has 0 atom stereocenters. The number of carbonyl (C=O) groups excluding carboxylic acids is 1. The Balaban J connectivity index is 2.26. The van der Waals surface area contributed by atoms with E-state index in [1.54, 1.807) is 11.3 Å². The number of rotatable bonds is 2. The van der Waals surface area contributed by atoms with Crippen molar-refractivity contribution >= 4 is 33.2 Å². The van der Waals surface area contributed by atoms with Crippen molar-refractivity contribution in [2.45, 2.75) is 44.4 Å². The maximum atomic E-state index is 11.7. The predicted molar refractivity (Wildman–Crippen MR) is 71.6 cm³/mol. The van der Waals surface area contributed by atoms with Crippen molar-refractivity contribution in [3.05, 3.63) is 14.5 Å². The molecule has 0 unspecified atom stereocenters. The van der Waals surface area contributed by atoms with Gasteiger partial charge in [0.2, 0.25) is 0 Å². The minimum Gasteiger partial charge on any atom is -0.464 e. The number of nitrogens with zero attached hydrogens (tertiary/aromatic N) is 1. The summed E-state index contributed by atoms with van der Waals surface area (Å²) in [6, 6.07) is 0. The molecule has 94 valence electrons. The highest BCUT2D eigenvalue weighted by molar-refractivity contribution is 9.11. The van der Waals surface area contributed by atoms with E-state index in [1.165, 1.54) is 45.6 Å². The van der Waals surface area contributed by atoms with Crippen LogP contribution in [0, 0.1) is 0 Å². The van der Waals surface area contributed by atoms with Crippen molar-refractivity contribution < 1.29 is 9.53 Å². The zero-order chi connectivity index (χ0) is 12.3. The van der Waals surface area contributed by atoms with Crippen molar-refractivity contribution in [2.24, 2.45) is 0 Å². The third kappa shape index (κ3) is 3.07. The van der Waals surface area contributed by atoms with Gasteiger partial charge in [-0.25, -0.2) is 9.78 Å². The van der Waals surface area contributed by atoms with Crippen LogP contribution in [0.1, 0.15) is 59.8 Å². The Morgan fingerprint density at radius 2 is 2.00 bits per heavy atom. The molecule has 1 aromatic heterocycles. The van der Waals surface area contributed by atoms with Gasteiger partial charge in [0.05, 0.1) is 7.11 Å². The highest BCUT2D eigenvalue weighted by atomic mass is 79.9. The van der Waals surface area contributed by atoms with Gasteiger partial charge < -0.3 is 4.74 Å². The number of carbonyl (C=O) groups is 1. The van der Waals surface area contributed by atoms with Crippen LogP contribution in [0.25, 0.3) is 0 Å². The van der Waals surface area contributed by atoms with Gasteiger partial charge in [0.15, 0.2) is 9.61 Å². The predicted octanol–water partition coefficient (Wildman–Crippen LogP) is 4.13. The molecule has 0 bridgehead atoms. The van der Waals surface area contributed by atoms with Crippen molar-refractivity contribution in [1.82, 2.24) is 4.98 Å². The Labute approximate surface area is 114 Å². The van der Waals surface area contributed by atoms with Crippen LogP contribution in [0.3, 0.4) is 0 Å². The maximum absolute atomic E-state index is 11.7. The largest absolute Gasteiger partial charge is 0.464 e. The van der Waals surface area contributed by atoms with Crippen LogP contribution in [0.5, 0.6) is 0 Å². The van der Waals surface area contributed by atoms with Crippen LogP contribution in [-0.2, 0) is 4.74 Å².